The van der Waals surface area contributed by atoms with Gasteiger partial charge in [0.05, 0.1) is 26.3 Å². The summed E-state index contributed by atoms with van der Waals surface area (Å²) in [5.41, 5.74) is 0. The first-order chi connectivity index (χ1) is 8.68. The SMILES string of the molecule is C=CCOCC[N+]1(CCOP(O)O)CCCCC1. The predicted molar refractivity (Wildman–Crippen MR) is 71.9 cm³/mol. The summed E-state index contributed by atoms with van der Waals surface area (Å²) >= 11 is 0. The number of nitrogens with zero attached hydrogens (tertiary/aromatic N) is 1. The van der Waals surface area contributed by atoms with E-state index in [0.29, 0.717) is 13.2 Å². The first kappa shape index (κ1) is 16.0. The second-order valence-electron chi connectivity index (χ2n) is 4.75. The van der Waals surface area contributed by atoms with Gasteiger partial charge >= 0.3 is 8.60 Å². The van der Waals surface area contributed by atoms with Crippen LogP contribution in [-0.2, 0) is 9.26 Å². The highest BCUT2D eigenvalue weighted by Gasteiger charge is 2.29. The van der Waals surface area contributed by atoms with Crippen LogP contribution in [0.2, 0.25) is 0 Å². The van der Waals surface area contributed by atoms with Crippen molar-refractivity contribution in [1.29, 1.82) is 0 Å². The lowest BCUT2D eigenvalue weighted by Gasteiger charge is -2.41. The Hall–Kier alpha value is -0.0300. The summed E-state index contributed by atoms with van der Waals surface area (Å²) in [7, 11) is -2.22. The zero-order chi connectivity index (χ0) is 13.3. The van der Waals surface area contributed by atoms with Crippen LogP contribution in [0.5, 0.6) is 0 Å². The fraction of sp³-hybridized carbons (Fsp3) is 0.833. The quantitative estimate of drug-likeness (QED) is 0.290. The molecule has 0 radical (unpaired) electrons. The van der Waals surface area contributed by atoms with E-state index in [4.69, 9.17) is 19.0 Å². The number of hydrogen-bond acceptors (Lipinski definition) is 4. The monoisotopic (exact) mass is 278 g/mol. The minimum Gasteiger partial charge on any atom is -0.372 e. The number of likely N-dealkylation sites (tertiary alicyclic amines) is 1. The third-order valence-electron chi connectivity index (χ3n) is 3.48. The molecule has 2 N–H and O–H groups in total. The maximum absolute atomic E-state index is 8.77. The van der Waals surface area contributed by atoms with Crippen molar-refractivity contribution in [1.82, 2.24) is 0 Å². The first-order valence-electron chi connectivity index (χ1n) is 6.53. The van der Waals surface area contributed by atoms with Crippen LogP contribution in [-0.4, -0.2) is 60.3 Å². The van der Waals surface area contributed by atoms with Gasteiger partial charge in [-0.1, -0.05) is 6.08 Å². The molecule has 0 aromatic carbocycles. The Morgan fingerprint density at radius 1 is 1.11 bits per heavy atom. The lowest BCUT2D eigenvalue weighted by atomic mass is 10.1. The molecule has 0 bridgehead atoms. The van der Waals surface area contributed by atoms with Crippen molar-refractivity contribution in [3.8, 4) is 0 Å². The molecule has 0 saturated carbocycles. The normalized spacial score (nSPS) is 19.1. The van der Waals surface area contributed by atoms with Gasteiger partial charge < -0.3 is 23.5 Å². The summed E-state index contributed by atoms with van der Waals surface area (Å²) in [5.74, 6) is 0. The Bertz CT molecular complexity index is 232. The molecule has 0 spiro atoms. The van der Waals surface area contributed by atoms with Gasteiger partial charge in [0.25, 0.3) is 0 Å². The Kier molecular flexibility index (Phi) is 7.98. The average Bonchev–Trinajstić information content (AvgIpc) is 2.36. The van der Waals surface area contributed by atoms with E-state index >= 15 is 0 Å². The van der Waals surface area contributed by atoms with E-state index in [2.05, 4.69) is 6.58 Å². The minimum absolute atomic E-state index is 0.403. The van der Waals surface area contributed by atoms with Crippen molar-refractivity contribution >= 4 is 8.60 Å². The van der Waals surface area contributed by atoms with Gasteiger partial charge in [-0.25, -0.2) is 0 Å². The molecule has 1 saturated heterocycles. The van der Waals surface area contributed by atoms with Gasteiger partial charge in [0.1, 0.15) is 19.7 Å². The van der Waals surface area contributed by atoms with E-state index < -0.39 is 8.60 Å². The van der Waals surface area contributed by atoms with Crippen LogP contribution in [0.25, 0.3) is 0 Å². The molecule has 1 rings (SSSR count). The van der Waals surface area contributed by atoms with Crippen molar-refractivity contribution in [3.63, 3.8) is 0 Å². The third-order valence-corrected chi connectivity index (χ3v) is 3.90. The minimum atomic E-state index is -2.22. The molecule has 1 heterocycles. The highest BCUT2D eigenvalue weighted by atomic mass is 31.2. The molecule has 5 nitrogen and oxygen atoms in total. The second-order valence-corrected chi connectivity index (χ2v) is 5.51. The highest BCUT2D eigenvalue weighted by molar-refractivity contribution is 7.39. The number of quaternary nitrogens is 1. The largest absolute Gasteiger partial charge is 0.372 e. The Balaban J connectivity index is 2.34. The molecule has 1 aliphatic heterocycles. The van der Waals surface area contributed by atoms with Crippen LogP contribution in [0.3, 0.4) is 0 Å². The number of piperidine rings is 1. The Labute approximate surface area is 111 Å². The molecule has 0 aromatic heterocycles. The van der Waals surface area contributed by atoms with Gasteiger partial charge in [-0.3, -0.25) is 0 Å². The van der Waals surface area contributed by atoms with Gasteiger partial charge in [-0.05, 0) is 19.3 Å². The summed E-state index contributed by atoms with van der Waals surface area (Å²) < 4.78 is 11.3. The second kappa shape index (κ2) is 8.97. The van der Waals surface area contributed by atoms with Crippen LogP contribution in [0.4, 0.5) is 0 Å². The summed E-state index contributed by atoms with van der Waals surface area (Å²) in [6.45, 7) is 9.41. The summed E-state index contributed by atoms with van der Waals surface area (Å²) in [4.78, 5) is 17.5. The number of ether oxygens (including phenoxy) is 1. The van der Waals surface area contributed by atoms with Gasteiger partial charge in [0.15, 0.2) is 0 Å². The Morgan fingerprint density at radius 2 is 1.78 bits per heavy atom. The lowest BCUT2D eigenvalue weighted by Crippen LogP contribution is -2.54. The van der Waals surface area contributed by atoms with E-state index in [1.54, 1.807) is 6.08 Å². The van der Waals surface area contributed by atoms with Crippen LogP contribution < -0.4 is 0 Å². The van der Waals surface area contributed by atoms with E-state index in [1.165, 1.54) is 19.3 Å². The molecule has 0 amide bonds. The van der Waals surface area contributed by atoms with Crippen LogP contribution in [0.15, 0.2) is 12.7 Å². The van der Waals surface area contributed by atoms with Crippen LogP contribution >= 0.6 is 8.60 Å². The van der Waals surface area contributed by atoms with Crippen molar-refractivity contribution in [3.05, 3.63) is 12.7 Å². The zero-order valence-electron chi connectivity index (χ0n) is 11.0. The van der Waals surface area contributed by atoms with E-state index in [0.717, 1.165) is 37.3 Å². The maximum atomic E-state index is 8.77. The zero-order valence-corrected chi connectivity index (χ0v) is 11.9. The summed E-state index contributed by atoms with van der Waals surface area (Å²) in [5, 5.41) is 0. The van der Waals surface area contributed by atoms with Crippen molar-refractivity contribution in [2.45, 2.75) is 19.3 Å². The molecule has 0 atom stereocenters. The van der Waals surface area contributed by atoms with Crippen LogP contribution in [0, 0.1) is 0 Å². The van der Waals surface area contributed by atoms with E-state index in [-0.39, 0.29) is 0 Å². The molecule has 0 aromatic rings. The average molecular weight is 278 g/mol. The number of hydrogen-bond donors (Lipinski definition) is 2. The first-order valence-corrected chi connectivity index (χ1v) is 7.70. The van der Waals surface area contributed by atoms with Gasteiger partial charge in [0.2, 0.25) is 0 Å². The third kappa shape index (κ3) is 6.23. The van der Waals surface area contributed by atoms with Gasteiger partial charge in [0, 0.05) is 0 Å². The molecule has 6 heteroatoms. The molecule has 18 heavy (non-hydrogen) atoms. The molecular formula is C12H25NO4P+. The molecule has 106 valence electrons. The molecule has 0 unspecified atom stereocenters. The lowest BCUT2D eigenvalue weighted by molar-refractivity contribution is -0.932. The van der Waals surface area contributed by atoms with E-state index in [9.17, 15) is 0 Å². The van der Waals surface area contributed by atoms with Crippen molar-refractivity contribution in [2.24, 2.45) is 0 Å². The predicted octanol–water partition coefficient (Wildman–Crippen LogP) is 1.42. The molecular weight excluding hydrogens is 253 g/mol. The fourth-order valence-electron chi connectivity index (χ4n) is 2.48. The van der Waals surface area contributed by atoms with Crippen molar-refractivity contribution < 1.29 is 23.5 Å². The molecule has 1 fully saturated rings. The van der Waals surface area contributed by atoms with Gasteiger partial charge in [-0.2, -0.15) is 0 Å². The van der Waals surface area contributed by atoms with Crippen LogP contribution in [0.1, 0.15) is 19.3 Å². The highest BCUT2D eigenvalue weighted by Crippen LogP contribution is 2.25. The standard InChI is InChI=1S/C12H25NO4P/c1-2-10-16-11-8-13(6-4-3-5-7-13)9-12-17-18(14)15/h2,14-15H,1,3-12H2/q+1. The fourth-order valence-corrected chi connectivity index (χ4v) is 2.73. The summed E-state index contributed by atoms with van der Waals surface area (Å²) in [6, 6.07) is 0. The van der Waals surface area contributed by atoms with E-state index in [1.807, 2.05) is 0 Å². The number of rotatable bonds is 9. The van der Waals surface area contributed by atoms with Crippen molar-refractivity contribution in [2.75, 3.05) is 46.0 Å². The Morgan fingerprint density at radius 3 is 2.39 bits per heavy atom. The summed E-state index contributed by atoms with van der Waals surface area (Å²) in [6.07, 6.45) is 5.51. The topological polar surface area (TPSA) is 58.9 Å². The maximum Gasteiger partial charge on any atom is 0.327 e. The van der Waals surface area contributed by atoms with Gasteiger partial charge in [-0.15, -0.1) is 6.58 Å². The molecule has 1 aliphatic rings. The smallest absolute Gasteiger partial charge is 0.327 e. The molecule has 0 aliphatic carbocycles.